The number of guanidine groups is 1. The highest BCUT2D eigenvalue weighted by molar-refractivity contribution is 9.10. The zero-order valence-corrected chi connectivity index (χ0v) is 9.61. The second-order valence-electron chi connectivity index (χ2n) is 2.49. The van der Waals surface area contributed by atoms with Crippen molar-refractivity contribution in [2.45, 2.75) is 6.54 Å². The molecule has 0 amide bonds. The van der Waals surface area contributed by atoms with E-state index in [0.29, 0.717) is 11.0 Å². The smallest absolute Gasteiger partial charge is 0.186 e. The number of hydrogen-bond donors (Lipinski definition) is 2. The fraction of sp³-hybridized carbons (Fsp3) is 0.125. The molecule has 6 heteroatoms. The molecule has 0 aliphatic heterocycles. The summed E-state index contributed by atoms with van der Waals surface area (Å²) in [6.07, 6.45) is 0. The van der Waals surface area contributed by atoms with Crippen LogP contribution in [0.5, 0.6) is 0 Å². The first-order valence-electron chi connectivity index (χ1n) is 3.59. The van der Waals surface area contributed by atoms with Crippen molar-refractivity contribution in [2.24, 2.45) is 16.5 Å². The third-order valence-electron chi connectivity index (χ3n) is 1.43. The fourth-order valence-electron chi connectivity index (χ4n) is 0.821. The topological polar surface area (TPSA) is 64.4 Å². The zero-order chi connectivity index (χ0) is 9.84. The molecule has 0 bridgehead atoms. The first kappa shape index (κ1) is 13.2. The van der Waals surface area contributed by atoms with Crippen molar-refractivity contribution in [1.29, 1.82) is 0 Å². The van der Waals surface area contributed by atoms with Crippen molar-refractivity contribution in [1.82, 2.24) is 0 Å². The van der Waals surface area contributed by atoms with Gasteiger partial charge in [0.05, 0.1) is 11.0 Å². The Bertz CT molecular complexity index is 339. The van der Waals surface area contributed by atoms with Crippen LogP contribution >= 0.6 is 28.3 Å². The molecule has 3 nitrogen and oxygen atoms in total. The molecule has 0 saturated heterocycles. The van der Waals surface area contributed by atoms with Crippen molar-refractivity contribution in [3.8, 4) is 0 Å². The van der Waals surface area contributed by atoms with Crippen molar-refractivity contribution >= 4 is 34.3 Å². The molecule has 14 heavy (non-hydrogen) atoms. The van der Waals surface area contributed by atoms with Gasteiger partial charge in [0.2, 0.25) is 0 Å². The van der Waals surface area contributed by atoms with E-state index in [1.165, 1.54) is 6.07 Å². The van der Waals surface area contributed by atoms with Crippen molar-refractivity contribution < 1.29 is 4.39 Å². The van der Waals surface area contributed by atoms with Gasteiger partial charge in [0.25, 0.3) is 0 Å². The second kappa shape index (κ2) is 5.82. The Morgan fingerprint density at radius 3 is 2.57 bits per heavy atom. The summed E-state index contributed by atoms with van der Waals surface area (Å²) in [5.41, 5.74) is 11.0. The molecule has 0 radical (unpaired) electrons. The van der Waals surface area contributed by atoms with E-state index in [4.69, 9.17) is 11.5 Å². The molecule has 0 aliphatic rings. The average molecular weight is 283 g/mol. The normalized spacial score (nSPS) is 9.00. The lowest BCUT2D eigenvalue weighted by Gasteiger charge is -1.98. The van der Waals surface area contributed by atoms with Crippen LogP contribution in [0.25, 0.3) is 0 Å². The van der Waals surface area contributed by atoms with Crippen LogP contribution in [0, 0.1) is 5.82 Å². The van der Waals surface area contributed by atoms with Gasteiger partial charge in [-0.1, -0.05) is 6.07 Å². The summed E-state index contributed by atoms with van der Waals surface area (Å²) in [5, 5.41) is 0. The maximum atomic E-state index is 12.9. The molecule has 0 aromatic heterocycles. The van der Waals surface area contributed by atoms with Crippen LogP contribution in [0.4, 0.5) is 4.39 Å². The van der Waals surface area contributed by atoms with E-state index in [1.54, 1.807) is 12.1 Å². The van der Waals surface area contributed by atoms with Gasteiger partial charge in [-0.15, -0.1) is 12.4 Å². The zero-order valence-electron chi connectivity index (χ0n) is 7.21. The Kier molecular flexibility index (Phi) is 5.49. The summed E-state index contributed by atoms with van der Waals surface area (Å²) in [7, 11) is 0. The van der Waals surface area contributed by atoms with Crippen LogP contribution < -0.4 is 11.5 Å². The molecule has 78 valence electrons. The van der Waals surface area contributed by atoms with Crippen LogP contribution in [0.1, 0.15) is 5.56 Å². The predicted molar refractivity (Wildman–Crippen MR) is 60.9 cm³/mol. The number of aliphatic imine (C=N–C) groups is 1. The SMILES string of the molecule is Cl.NC(N)=NCc1ccc(Br)c(F)c1. The standard InChI is InChI=1S/C8H9BrFN3.ClH/c9-6-2-1-5(3-7(6)10)4-13-8(11)12;/h1-3H,4H2,(H4,11,12,13);1H. The van der Waals surface area contributed by atoms with E-state index in [-0.39, 0.29) is 24.2 Å². The quantitative estimate of drug-likeness (QED) is 0.641. The Labute approximate surface area is 95.9 Å². The van der Waals surface area contributed by atoms with Crippen LogP contribution in [-0.2, 0) is 6.54 Å². The Morgan fingerprint density at radius 1 is 1.43 bits per heavy atom. The molecule has 0 atom stereocenters. The third kappa shape index (κ3) is 3.93. The van der Waals surface area contributed by atoms with E-state index in [9.17, 15) is 4.39 Å². The maximum absolute atomic E-state index is 12.9. The number of nitrogens with two attached hydrogens (primary N) is 2. The van der Waals surface area contributed by atoms with Crippen LogP contribution in [-0.4, -0.2) is 5.96 Å². The number of nitrogens with zero attached hydrogens (tertiary/aromatic N) is 1. The summed E-state index contributed by atoms with van der Waals surface area (Å²) >= 11 is 3.05. The van der Waals surface area contributed by atoms with Crippen LogP contribution in [0.2, 0.25) is 0 Å². The van der Waals surface area contributed by atoms with Gasteiger partial charge < -0.3 is 11.5 Å². The first-order chi connectivity index (χ1) is 6.09. The van der Waals surface area contributed by atoms with Crippen LogP contribution in [0.3, 0.4) is 0 Å². The van der Waals surface area contributed by atoms with Gasteiger partial charge in [-0.3, -0.25) is 0 Å². The van der Waals surface area contributed by atoms with Gasteiger partial charge in [-0.05, 0) is 33.6 Å². The predicted octanol–water partition coefficient (Wildman–Crippen LogP) is 1.78. The number of benzene rings is 1. The maximum Gasteiger partial charge on any atom is 0.186 e. The van der Waals surface area contributed by atoms with E-state index >= 15 is 0 Å². The molecule has 0 fully saturated rings. The van der Waals surface area contributed by atoms with Gasteiger partial charge in [-0.2, -0.15) is 0 Å². The summed E-state index contributed by atoms with van der Waals surface area (Å²) in [6, 6.07) is 4.75. The van der Waals surface area contributed by atoms with Gasteiger partial charge in [0.1, 0.15) is 5.82 Å². The second-order valence-corrected chi connectivity index (χ2v) is 3.34. The minimum atomic E-state index is -0.316. The van der Waals surface area contributed by atoms with E-state index in [0.717, 1.165) is 5.56 Å². The van der Waals surface area contributed by atoms with E-state index < -0.39 is 0 Å². The molecule has 0 spiro atoms. The average Bonchev–Trinajstić information content (AvgIpc) is 2.07. The first-order valence-corrected chi connectivity index (χ1v) is 4.38. The molecule has 0 unspecified atom stereocenters. The Morgan fingerprint density at radius 2 is 2.07 bits per heavy atom. The molecule has 1 aromatic carbocycles. The van der Waals surface area contributed by atoms with Gasteiger partial charge >= 0.3 is 0 Å². The highest BCUT2D eigenvalue weighted by Gasteiger charge is 1.99. The summed E-state index contributed by atoms with van der Waals surface area (Å²) < 4.78 is 13.4. The minimum absolute atomic E-state index is 0. The third-order valence-corrected chi connectivity index (χ3v) is 2.07. The molecule has 1 rings (SSSR count). The van der Waals surface area contributed by atoms with Crippen molar-refractivity contribution in [3.63, 3.8) is 0 Å². The van der Waals surface area contributed by atoms with E-state index in [2.05, 4.69) is 20.9 Å². The molecule has 4 N–H and O–H groups in total. The number of hydrogen-bond acceptors (Lipinski definition) is 1. The lowest BCUT2D eigenvalue weighted by Crippen LogP contribution is -2.22. The number of rotatable bonds is 2. The molecule has 1 aromatic rings. The van der Waals surface area contributed by atoms with Gasteiger partial charge in [-0.25, -0.2) is 9.38 Å². The summed E-state index contributed by atoms with van der Waals surface area (Å²) in [5.74, 6) is -0.313. The molecule has 0 heterocycles. The molecular weight excluding hydrogens is 272 g/mol. The summed E-state index contributed by atoms with van der Waals surface area (Å²) in [4.78, 5) is 3.76. The Hall–Kier alpha value is -0.810. The monoisotopic (exact) mass is 281 g/mol. The highest BCUT2D eigenvalue weighted by Crippen LogP contribution is 2.16. The molecule has 0 saturated carbocycles. The van der Waals surface area contributed by atoms with Crippen molar-refractivity contribution in [2.75, 3.05) is 0 Å². The number of halogens is 3. The van der Waals surface area contributed by atoms with Crippen LogP contribution in [0.15, 0.2) is 27.7 Å². The fourth-order valence-corrected chi connectivity index (χ4v) is 1.07. The van der Waals surface area contributed by atoms with Gasteiger partial charge in [0, 0.05) is 0 Å². The largest absolute Gasteiger partial charge is 0.370 e. The Balaban J connectivity index is 0.00000169. The lowest BCUT2D eigenvalue weighted by molar-refractivity contribution is 0.619. The molecular formula is C8H10BrClFN3. The summed E-state index contributed by atoms with van der Waals surface area (Å²) in [6.45, 7) is 0.298. The highest BCUT2D eigenvalue weighted by atomic mass is 79.9. The lowest BCUT2D eigenvalue weighted by atomic mass is 10.2. The van der Waals surface area contributed by atoms with Crippen molar-refractivity contribution in [3.05, 3.63) is 34.1 Å². The van der Waals surface area contributed by atoms with E-state index in [1.807, 2.05) is 0 Å². The minimum Gasteiger partial charge on any atom is -0.370 e. The molecule has 0 aliphatic carbocycles. The van der Waals surface area contributed by atoms with Gasteiger partial charge in [0.15, 0.2) is 5.96 Å².